The van der Waals surface area contributed by atoms with Gasteiger partial charge >= 0.3 is 5.97 Å². The minimum absolute atomic E-state index is 0.257. The molecule has 2 aliphatic heterocycles. The van der Waals surface area contributed by atoms with Gasteiger partial charge in [0.25, 0.3) is 0 Å². The number of aliphatic carboxylic acids is 1. The number of fused-ring (bicyclic) bond motifs is 4. The zero-order chi connectivity index (χ0) is 17.0. The maximum absolute atomic E-state index is 11.7. The molecule has 0 radical (unpaired) electrons. The summed E-state index contributed by atoms with van der Waals surface area (Å²) in [4.78, 5) is 11.7. The lowest BCUT2D eigenvalue weighted by Crippen LogP contribution is -2.47. The summed E-state index contributed by atoms with van der Waals surface area (Å²) in [6.45, 7) is 0. The average molecular weight is 368 g/mol. The second-order valence-electron chi connectivity index (χ2n) is 6.06. The average Bonchev–Trinajstić information content (AvgIpc) is 2.91. The van der Waals surface area contributed by atoms with Gasteiger partial charge in [0.15, 0.2) is 6.04 Å². The number of carbonyl (C=O) groups is 1. The molecule has 7 heteroatoms. The summed E-state index contributed by atoms with van der Waals surface area (Å²) >= 11 is 12.5. The van der Waals surface area contributed by atoms with Gasteiger partial charge in [-0.3, -0.25) is 0 Å². The number of nitrogens with one attached hydrogen (secondary N) is 1. The fourth-order valence-corrected chi connectivity index (χ4v) is 4.33. The van der Waals surface area contributed by atoms with Crippen LogP contribution in [0.15, 0.2) is 35.3 Å². The van der Waals surface area contributed by atoms with Crippen LogP contribution in [0.4, 0.5) is 5.69 Å². The molecule has 24 heavy (non-hydrogen) atoms. The highest BCUT2D eigenvalue weighted by atomic mass is 35.5. The summed E-state index contributed by atoms with van der Waals surface area (Å²) in [6.07, 6.45) is 2.82. The fraction of sp³-hybridized carbons (Fsp3) is 0.353. The molecule has 5 nitrogen and oxygen atoms in total. The Balaban J connectivity index is 1.89. The Morgan fingerprint density at radius 3 is 2.88 bits per heavy atom. The number of ether oxygens (including phenoxy) is 2. The van der Waals surface area contributed by atoms with E-state index >= 15 is 0 Å². The molecular formula is C17H15Cl2NO4. The normalized spacial score (nSPS) is 27.3. The minimum Gasteiger partial charge on any atom is -0.501 e. The minimum atomic E-state index is -0.970. The van der Waals surface area contributed by atoms with Crippen LogP contribution in [-0.2, 0) is 14.3 Å². The maximum atomic E-state index is 11.7. The van der Waals surface area contributed by atoms with E-state index in [9.17, 15) is 9.90 Å². The van der Waals surface area contributed by atoms with Crippen molar-refractivity contribution in [2.45, 2.75) is 30.9 Å². The summed E-state index contributed by atoms with van der Waals surface area (Å²) in [6, 6.07) is 2.50. The Labute approximate surface area is 148 Å². The number of carboxylic acid groups (broad SMARTS) is 1. The Hall–Kier alpha value is -1.85. The Morgan fingerprint density at radius 2 is 2.17 bits per heavy atom. The van der Waals surface area contributed by atoms with E-state index in [1.165, 1.54) is 0 Å². The predicted molar refractivity (Wildman–Crippen MR) is 90.5 cm³/mol. The van der Waals surface area contributed by atoms with Crippen LogP contribution in [0.1, 0.15) is 24.3 Å². The van der Waals surface area contributed by atoms with Crippen molar-refractivity contribution in [3.63, 3.8) is 0 Å². The van der Waals surface area contributed by atoms with Gasteiger partial charge in [-0.2, -0.15) is 0 Å². The van der Waals surface area contributed by atoms with Crippen molar-refractivity contribution >= 4 is 34.9 Å². The maximum Gasteiger partial charge on any atom is 0.330 e. The number of anilines is 1. The lowest BCUT2D eigenvalue weighted by molar-refractivity contribution is -0.140. The van der Waals surface area contributed by atoms with Crippen LogP contribution in [0.5, 0.6) is 0 Å². The highest BCUT2D eigenvalue weighted by Gasteiger charge is 2.50. The van der Waals surface area contributed by atoms with Gasteiger partial charge in [-0.1, -0.05) is 23.2 Å². The third-order valence-electron chi connectivity index (χ3n) is 4.75. The van der Waals surface area contributed by atoms with E-state index in [0.717, 1.165) is 29.1 Å². The van der Waals surface area contributed by atoms with E-state index < -0.39 is 18.1 Å². The lowest BCUT2D eigenvalue weighted by atomic mass is 9.79. The van der Waals surface area contributed by atoms with Gasteiger partial charge in [0.2, 0.25) is 0 Å². The molecule has 3 aliphatic rings. The first kappa shape index (κ1) is 15.7. The van der Waals surface area contributed by atoms with Crippen molar-refractivity contribution < 1.29 is 19.4 Å². The molecule has 2 N–H and O–H groups in total. The smallest absolute Gasteiger partial charge is 0.330 e. The van der Waals surface area contributed by atoms with Gasteiger partial charge in [0.05, 0.1) is 18.8 Å². The highest BCUT2D eigenvalue weighted by Crippen LogP contribution is 2.52. The number of carboxylic acids is 1. The van der Waals surface area contributed by atoms with Gasteiger partial charge < -0.3 is 19.9 Å². The molecule has 1 aromatic carbocycles. The lowest BCUT2D eigenvalue weighted by Gasteiger charge is -2.35. The molecule has 0 saturated heterocycles. The first-order valence-electron chi connectivity index (χ1n) is 7.62. The molecule has 0 amide bonds. The zero-order valence-corrected chi connectivity index (χ0v) is 14.3. The summed E-state index contributed by atoms with van der Waals surface area (Å²) in [7, 11) is 1.63. The quantitative estimate of drug-likeness (QED) is 0.828. The number of hydrogen-bond acceptors (Lipinski definition) is 4. The van der Waals surface area contributed by atoms with Gasteiger partial charge in [-0.05, 0) is 18.2 Å². The second-order valence-corrected chi connectivity index (χ2v) is 6.91. The molecule has 4 rings (SSSR count). The molecule has 2 heterocycles. The predicted octanol–water partition coefficient (Wildman–Crippen LogP) is 3.93. The standard InChI is InChI=1S/C17H15Cl2NO4/c1-23-8-2-3-12-9(6-8)13-14-10(19)4-7(18)5-11(14)20-15(17(21)22)16(13)24-12/h4-6,13,15-16,20H,2-3H2,1H3,(H,21,22). The molecule has 0 bridgehead atoms. The third kappa shape index (κ3) is 2.26. The molecule has 126 valence electrons. The zero-order valence-electron chi connectivity index (χ0n) is 12.8. The van der Waals surface area contributed by atoms with E-state index in [1.54, 1.807) is 19.2 Å². The molecule has 1 aliphatic carbocycles. The Morgan fingerprint density at radius 1 is 1.38 bits per heavy atom. The summed E-state index contributed by atoms with van der Waals surface area (Å²) in [5, 5.41) is 13.6. The van der Waals surface area contributed by atoms with Crippen LogP contribution in [0, 0.1) is 0 Å². The van der Waals surface area contributed by atoms with E-state index in [4.69, 9.17) is 32.7 Å². The van der Waals surface area contributed by atoms with Crippen molar-refractivity contribution in [2.24, 2.45) is 0 Å². The van der Waals surface area contributed by atoms with E-state index in [1.807, 2.05) is 6.08 Å². The second kappa shape index (κ2) is 5.60. The molecule has 3 unspecified atom stereocenters. The van der Waals surface area contributed by atoms with E-state index in [2.05, 4.69) is 5.32 Å². The number of benzene rings is 1. The van der Waals surface area contributed by atoms with Crippen LogP contribution in [0.3, 0.4) is 0 Å². The number of allylic oxidation sites excluding steroid dienone is 3. The SMILES string of the molecule is COC1=CC2=C(CC1)OC1C(C(=O)O)Nc3cc(Cl)cc(Cl)c3C21. The Bertz CT molecular complexity index is 802. The summed E-state index contributed by atoms with van der Waals surface area (Å²) in [5.74, 6) is 0.447. The number of halogens is 2. The van der Waals surface area contributed by atoms with Crippen LogP contribution in [0.25, 0.3) is 0 Å². The molecular weight excluding hydrogens is 353 g/mol. The van der Waals surface area contributed by atoms with Crippen LogP contribution in [-0.4, -0.2) is 30.3 Å². The van der Waals surface area contributed by atoms with Crippen LogP contribution in [0.2, 0.25) is 10.0 Å². The molecule has 0 saturated carbocycles. The summed E-state index contributed by atoms with van der Waals surface area (Å²) < 4.78 is 11.4. The van der Waals surface area contributed by atoms with Crippen molar-refractivity contribution in [1.29, 1.82) is 0 Å². The topological polar surface area (TPSA) is 67.8 Å². The molecule has 1 aromatic rings. The monoisotopic (exact) mass is 367 g/mol. The van der Waals surface area contributed by atoms with E-state index in [-0.39, 0.29) is 5.92 Å². The number of rotatable bonds is 2. The van der Waals surface area contributed by atoms with Crippen molar-refractivity contribution in [3.8, 4) is 0 Å². The number of hydrogen-bond donors (Lipinski definition) is 2. The van der Waals surface area contributed by atoms with Gasteiger partial charge in [-0.25, -0.2) is 4.79 Å². The molecule has 0 fully saturated rings. The third-order valence-corrected chi connectivity index (χ3v) is 5.28. The van der Waals surface area contributed by atoms with Crippen molar-refractivity contribution in [2.75, 3.05) is 12.4 Å². The molecule has 3 atom stereocenters. The van der Waals surface area contributed by atoms with Crippen LogP contribution >= 0.6 is 23.2 Å². The van der Waals surface area contributed by atoms with Gasteiger partial charge in [0, 0.05) is 39.7 Å². The van der Waals surface area contributed by atoms with Gasteiger partial charge in [-0.15, -0.1) is 0 Å². The summed E-state index contributed by atoms with van der Waals surface area (Å²) in [5.41, 5.74) is 2.40. The van der Waals surface area contributed by atoms with E-state index in [0.29, 0.717) is 22.2 Å². The first-order chi connectivity index (χ1) is 11.5. The number of methoxy groups -OCH3 is 1. The van der Waals surface area contributed by atoms with Crippen molar-refractivity contribution in [1.82, 2.24) is 0 Å². The highest BCUT2D eigenvalue weighted by molar-refractivity contribution is 6.35. The first-order valence-corrected chi connectivity index (χ1v) is 8.37. The largest absolute Gasteiger partial charge is 0.501 e. The van der Waals surface area contributed by atoms with Crippen LogP contribution < -0.4 is 5.32 Å². The van der Waals surface area contributed by atoms with Gasteiger partial charge in [0.1, 0.15) is 11.9 Å². The molecule has 0 aromatic heterocycles. The van der Waals surface area contributed by atoms with Crippen molar-refractivity contribution in [3.05, 3.63) is 50.9 Å². The molecule has 0 spiro atoms. The Kier molecular flexibility index (Phi) is 3.66. The fourth-order valence-electron chi connectivity index (χ4n) is 3.72.